The Labute approximate surface area is 248 Å². The van der Waals surface area contributed by atoms with E-state index < -0.39 is 17.5 Å². The molecule has 0 aliphatic carbocycles. The number of hydrogen-bond donors (Lipinski definition) is 1. The smallest absolute Gasteiger partial charge is 0.244 e. The van der Waals surface area contributed by atoms with Gasteiger partial charge in [0.1, 0.15) is 11.6 Å². The SMILES string of the molecule is COc1cc2c(Oc3ccc(CC(=O)N/N=C/c4ccccc4F)cc3F)ccnc2cc1OCCCN1CCOCC1. The quantitative estimate of drug-likeness (QED) is 0.139. The highest BCUT2D eigenvalue weighted by Crippen LogP contribution is 2.37. The molecule has 0 atom stereocenters. The predicted octanol–water partition coefficient (Wildman–Crippen LogP) is 5.11. The van der Waals surface area contributed by atoms with Crippen LogP contribution in [0.2, 0.25) is 0 Å². The molecule has 1 fully saturated rings. The van der Waals surface area contributed by atoms with Crippen LogP contribution in [0.5, 0.6) is 23.0 Å². The zero-order valence-electron chi connectivity index (χ0n) is 23.7. The van der Waals surface area contributed by atoms with Crippen LogP contribution in [0.4, 0.5) is 8.78 Å². The standard InChI is InChI=1S/C32H32F2N4O5/c1-40-30-19-24-27(20-31(30)42-14-4-11-38-12-15-41-16-13-38)35-10-9-28(24)43-29-8-7-22(17-26(29)34)18-32(39)37-36-21-23-5-2-3-6-25(23)33/h2-3,5-10,17,19-21H,4,11-16,18H2,1H3,(H,37,39)/b36-21+. The zero-order valence-corrected chi connectivity index (χ0v) is 23.7. The average molecular weight is 591 g/mol. The van der Waals surface area contributed by atoms with Crippen LogP contribution in [0, 0.1) is 11.6 Å². The lowest BCUT2D eigenvalue weighted by Crippen LogP contribution is -2.37. The maximum Gasteiger partial charge on any atom is 0.244 e. The molecule has 1 aromatic heterocycles. The molecule has 1 aliphatic rings. The maximum atomic E-state index is 15.0. The van der Waals surface area contributed by atoms with E-state index >= 15 is 4.39 Å². The summed E-state index contributed by atoms with van der Waals surface area (Å²) >= 11 is 0. The molecule has 5 rings (SSSR count). The van der Waals surface area contributed by atoms with Crippen molar-refractivity contribution in [3.63, 3.8) is 0 Å². The van der Waals surface area contributed by atoms with Crippen molar-refractivity contribution in [2.45, 2.75) is 12.8 Å². The van der Waals surface area contributed by atoms with Gasteiger partial charge in [-0.2, -0.15) is 5.10 Å². The summed E-state index contributed by atoms with van der Waals surface area (Å²) in [5.41, 5.74) is 3.58. The van der Waals surface area contributed by atoms with Gasteiger partial charge in [-0.1, -0.05) is 24.3 Å². The fourth-order valence-corrected chi connectivity index (χ4v) is 4.62. The number of carbonyl (C=O) groups excluding carboxylic acids is 1. The van der Waals surface area contributed by atoms with E-state index in [2.05, 4.69) is 20.4 Å². The normalized spacial score (nSPS) is 13.7. The van der Waals surface area contributed by atoms with Gasteiger partial charge in [0.15, 0.2) is 23.1 Å². The molecule has 3 aromatic carbocycles. The maximum absolute atomic E-state index is 15.0. The first-order valence-corrected chi connectivity index (χ1v) is 13.9. The van der Waals surface area contributed by atoms with Gasteiger partial charge in [0.2, 0.25) is 5.91 Å². The largest absolute Gasteiger partial charge is 0.493 e. The Bertz CT molecular complexity index is 1590. The third-order valence-corrected chi connectivity index (χ3v) is 6.85. The molecule has 1 N–H and O–H groups in total. The van der Waals surface area contributed by atoms with Crippen LogP contribution in [0.3, 0.4) is 0 Å². The van der Waals surface area contributed by atoms with Gasteiger partial charge in [-0.15, -0.1) is 0 Å². The molecule has 224 valence electrons. The number of aromatic nitrogens is 1. The summed E-state index contributed by atoms with van der Waals surface area (Å²) in [5.74, 6) is -0.137. The summed E-state index contributed by atoms with van der Waals surface area (Å²) in [6, 6.07) is 15.5. The average Bonchev–Trinajstić information content (AvgIpc) is 3.02. The van der Waals surface area contributed by atoms with Crippen molar-refractivity contribution in [2.24, 2.45) is 5.10 Å². The summed E-state index contributed by atoms with van der Waals surface area (Å²) < 4.78 is 51.6. The molecule has 1 aliphatic heterocycles. The Hall–Kier alpha value is -4.61. The highest BCUT2D eigenvalue weighted by atomic mass is 19.1. The Balaban J connectivity index is 1.21. The number of ether oxygens (including phenoxy) is 4. The summed E-state index contributed by atoms with van der Waals surface area (Å²) in [6.45, 7) is 4.82. The van der Waals surface area contributed by atoms with Gasteiger partial charge < -0.3 is 18.9 Å². The van der Waals surface area contributed by atoms with Crippen molar-refractivity contribution in [1.82, 2.24) is 15.3 Å². The Kier molecular flexibility index (Phi) is 10.1. The predicted molar refractivity (Wildman–Crippen MR) is 158 cm³/mol. The summed E-state index contributed by atoms with van der Waals surface area (Å²) in [6.07, 6.45) is 3.51. The lowest BCUT2D eigenvalue weighted by molar-refractivity contribution is -0.120. The van der Waals surface area contributed by atoms with Gasteiger partial charge >= 0.3 is 0 Å². The van der Waals surface area contributed by atoms with Crippen LogP contribution in [0.15, 0.2) is 72.0 Å². The molecule has 1 saturated heterocycles. The van der Waals surface area contributed by atoms with Crippen molar-refractivity contribution in [2.75, 3.05) is 46.6 Å². The number of benzene rings is 3. The summed E-state index contributed by atoms with van der Waals surface area (Å²) in [4.78, 5) is 19.0. The molecular weight excluding hydrogens is 558 g/mol. The molecular formula is C32H32F2N4O5. The molecule has 0 spiro atoms. The minimum Gasteiger partial charge on any atom is -0.493 e. The van der Waals surface area contributed by atoms with Gasteiger partial charge in [0, 0.05) is 42.8 Å². The third kappa shape index (κ3) is 8.02. The molecule has 2 heterocycles. The summed E-state index contributed by atoms with van der Waals surface area (Å²) in [7, 11) is 1.55. The van der Waals surface area contributed by atoms with E-state index in [-0.39, 0.29) is 17.7 Å². The second-order valence-electron chi connectivity index (χ2n) is 9.84. The monoisotopic (exact) mass is 590 g/mol. The van der Waals surface area contributed by atoms with Crippen LogP contribution in [0.1, 0.15) is 17.5 Å². The lowest BCUT2D eigenvalue weighted by Gasteiger charge is -2.26. The van der Waals surface area contributed by atoms with Gasteiger partial charge in [-0.05, 0) is 42.3 Å². The first-order chi connectivity index (χ1) is 21.0. The van der Waals surface area contributed by atoms with Gasteiger partial charge in [0.25, 0.3) is 0 Å². The highest BCUT2D eigenvalue weighted by molar-refractivity contribution is 5.88. The van der Waals surface area contributed by atoms with Crippen LogP contribution >= 0.6 is 0 Å². The van der Waals surface area contributed by atoms with Gasteiger partial charge in [-0.3, -0.25) is 14.7 Å². The van der Waals surface area contributed by atoms with Crippen molar-refractivity contribution < 1.29 is 32.5 Å². The van der Waals surface area contributed by atoms with Crippen molar-refractivity contribution in [1.29, 1.82) is 0 Å². The van der Waals surface area contributed by atoms with Crippen LogP contribution in [0.25, 0.3) is 10.9 Å². The van der Waals surface area contributed by atoms with Crippen molar-refractivity contribution in [3.05, 3.63) is 89.6 Å². The summed E-state index contributed by atoms with van der Waals surface area (Å²) in [5, 5.41) is 4.39. The number of rotatable bonds is 12. The fourth-order valence-electron chi connectivity index (χ4n) is 4.62. The van der Waals surface area contributed by atoms with Crippen molar-refractivity contribution in [3.8, 4) is 23.0 Å². The number of pyridine rings is 1. The molecule has 0 saturated carbocycles. The van der Waals surface area contributed by atoms with E-state index in [9.17, 15) is 9.18 Å². The second-order valence-corrected chi connectivity index (χ2v) is 9.84. The second kappa shape index (κ2) is 14.5. The zero-order chi connectivity index (χ0) is 30.0. The topological polar surface area (TPSA) is 94.5 Å². The molecule has 0 bridgehead atoms. The third-order valence-electron chi connectivity index (χ3n) is 6.85. The first-order valence-electron chi connectivity index (χ1n) is 13.9. The minimum absolute atomic E-state index is 0.0170. The number of hydrogen-bond acceptors (Lipinski definition) is 8. The van der Waals surface area contributed by atoms with E-state index in [1.54, 1.807) is 49.7 Å². The number of methoxy groups -OCH3 is 1. The number of nitrogens with one attached hydrogen (secondary N) is 1. The Morgan fingerprint density at radius 2 is 1.86 bits per heavy atom. The number of hydrazone groups is 1. The van der Waals surface area contributed by atoms with Gasteiger partial charge in [-0.25, -0.2) is 14.2 Å². The number of amides is 1. The Morgan fingerprint density at radius 1 is 1.02 bits per heavy atom. The van der Waals surface area contributed by atoms with Crippen LogP contribution in [-0.4, -0.2) is 68.6 Å². The van der Waals surface area contributed by atoms with Crippen LogP contribution < -0.4 is 19.6 Å². The number of halogens is 2. The van der Waals surface area contributed by atoms with Crippen LogP contribution in [-0.2, 0) is 16.0 Å². The molecule has 0 radical (unpaired) electrons. The van der Waals surface area contributed by atoms with Gasteiger partial charge in [0.05, 0.1) is 45.1 Å². The fraction of sp³-hybridized carbons (Fsp3) is 0.281. The highest BCUT2D eigenvalue weighted by Gasteiger charge is 2.15. The molecule has 1 amide bonds. The molecule has 4 aromatic rings. The molecule has 11 heteroatoms. The van der Waals surface area contributed by atoms with E-state index in [1.165, 1.54) is 30.5 Å². The first kappa shape index (κ1) is 29.9. The van der Waals surface area contributed by atoms with E-state index in [1.807, 2.05) is 0 Å². The molecule has 9 nitrogen and oxygen atoms in total. The Morgan fingerprint density at radius 3 is 2.65 bits per heavy atom. The number of nitrogens with zero attached hydrogens (tertiary/aromatic N) is 3. The van der Waals surface area contributed by atoms with Crippen molar-refractivity contribution >= 4 is 23.0 Å². The van der Waals surface area contributed by atoms with E-state index in [0.717, 1.165) is 39.3 Å². The molecule has 0 unspecified atom stereocenters. The minimum atomic E-state index is -0.641. The van der Waals surface area contributed by atoms with E-state index in [4.69, 9.17) is 18.9 Å². The molecule has 43 heavy (non-hydrogen) atoms. The number of morpholine rings is 1. The lowest BCUT2D eigenvalue weighted by atomic mass is 10.1. The van der Waals surface area contributed by atoms with E-state index in [0.29, 0.717) is 40.3 Å². The number of fused-ring (bicyclic) bond motifs is 1. The number of carbonyl (C=O) groups is 1.